The van der Waals surface area contributed by atoms with Gasteiger partial charge in [0, 0.05) is 36.5 Å². The lowest BCUT2D eigenvalue weighted by Gasteiger charge is -2.31. The van der Waals surface area contributed by atoms with Gasteiger partial charge in [-0.1, -0.05) is 41.6 Å². The van der Waals surface area contributed by atoms with Crippen LogP contribution in [0.15, 0.2) is 58.4 Å². The van der Waals surface area contributed by atoms with Crippen molar-refractivity contribution in [3.8, 4) is 22.8 Å². The van der Waals surface area contributed by atoms with Crippen molar-refractivity contribution >= 4 is 23.2 Å². The molecule has 1 N–H and O–H groups in total. The number of piperidine rings is 1. The minimum atomic E-state index is -0.214. The van der Waals surface area contributed by atoms with E-state index in [4.69, 9.17) is 14.0 Å². The van der Waals surface area contributed by atoms with Crippen LogP contribution >= 0.6 is 11.3 Å². The molecule has 0 atom stereocenters. The van der Waals surface area contributed by atoms with Crippen LogP contribution in [0.2, 0.25) is 0 Å². The zero-order valence-corrected chi connectivity index (χ0v) is 21.6. The first-order chi connectivity index (χ1) is 18.6. The van der Waals surface area contributed by atoms with Crippen LogP contribution in [0, 0.1) is 6.92 Å². The van der Waals surface area contributed by atoms with Crippen LogP contribution in [0.3, 0.4) is 0 Å². The van der Waals surface area contributed by atoms with Gasteiger partial charge in [-0.3, -0.25) is 9.59 Å². The van der Waals surface area contributed by atoms with E-state index in [1.54, 1.807) is 12.3 Å². The molecule has 0 spiro atoms. The number of carbonyl (C=O) groups excluding carboxylic acids is 2. The largest absolute Gasteiger partial charge is 0.454 e. The smallest absolute Gasteiger partial charge is 0.271 e. The maximum atomic E-state index is 13.4. The monoisotopic (exact) mass is 530 g/mol. The van der Waals surface area contributed by atoms with Crippen molar-refractivity contribution in [3.05, 3.63) is 81.5 Å². The van der Waals surface area contributed by atoms with Gasteiger partial charge in [0.15, 0.2) is 11.5 Å². The first-order valence-electron chi connectivity index (χ1n) is 12.5. The highest BCUT2D eigenvalue weighted by atomic mass is 32.1. The molecule has 1 fully saturated rings. The number of fused-ring (bicyclic) bond motifs is 1. The first kappa shape index (κ1) is 24.2. The summed E-state index contributed by atoms with van der Waals surface area (Å²) in [5.41, 5.74) is 3.29. The Morgan fingerprint density at radius 1 is 1.08 bits per heavy atom. The topological polar surface area (TPSA) is 107 Å². The molecule has 6 rings (SSSR count). The highest BCUT2D eigenvalue weighted by Crippen LogP contribution is 2.34. The fourth-order valence-electron chi connectivity index (χ4n) is 4.81. The molecule has 2 aliphatic rings. The van der Waals surface area contributed by atoms with E-state index in [-0.39, 0.29) is 24.5 Å². The Kier molecular flexibility index (Phi) is 6.55. The fraction of sp³-hybridized carbons (Fsp3) is 0.286. The summed E-state index contributed by atoms with van der Waals surface area (Å²) in [6, 6.07) is 15.2. The van der Waals surface area contributed by atoms with Crippen molar-refractivity contribution in [2.24, 2.45) is 0 Å². The number of nitrogens with one attached hydrogen (secondary N) is 1. The number of amides is 2. The molecular formula is C28H26N4O5S. The highest BCUT2D eigenvalue weighted by Gasteiger charge is 2.31. The van der Waals surface area contributed by atoms with Crippen molar-refractivity contribution < 1.29 is 23.6 Å². The average Bonchev–Trinajstić information content (AvgIpc) is 3.71. The molecule has 10 heteroatoms. The van der Waals surface area contributed by atoms with E-state index in [1.165, 1.54) is 11.3 Å². The number of carbonyl (C=O) groups is 2. The molecule has 0 aliphatic carbocycles. The van der Waals surface area contributed by atoms with Gasteiger partial charge in [0.1, 0.15) is 22.7 Å². The van der Waals surface area contributed by atoms with E-state index in [0.29, 0.717) is 53.8 Å². The van der Waals surface area contributed by atoms with Gasteiger partial charge in [0.05, 0.1) is 5.01 Å². The van der Waals surface area contributed by atoms with Crippen molar-refractivity contribution in [3.63, 3.8) is 0 Å². The zero-order chi connectivity index (χ0) is 26.1. The summed E-state index contributed by atoms with van der Waals surface area (Å²) in [5, 5.41) is 9.81. The lowest BCUT2D eigenvalue weighted by Crippen LogP contribution is -2.38. The van der Waals surface area contributed by atoms with Crippen LogP contribution in [-0.4, -0.2) is 46.7 Å². The predicted octanol–water partition coefficient (Wildman–Crippen LogP) is 4.79. The predicted molar refractivity (Wildman–Crippen MR) is 140 cm³/mol. The van der Waals surface area contributed by atoms with E-state index in [2.05, 4.69) is 15.5 Å². The molecule has 2 aliphatic heterocycles. The van der Waals surface area contributed by atoms with Crippen molar-refractivity contribution in [1.29, 1.82) is 0 Å². The third-order valence-corrected chi connectivity index (χ3v) is 7.91. The molecule has 4 heterocycles. The third-order valence-electron chi connectivity index (χ3n) is 6.90. The van der Waals surface area contributed by atoms with Gasteiger partial charge in [0.25, 0.3) is 11.8 Å². The molecule has 2 aromatic carbocycles. The zero-order valence-electron chi connectivity index (χ0n) is 20.8. The number of ether oxygens (including phenoxy) is 2. The van der Waals surface area contributed by atoms with Crippen LogP contribution in [-0.2, 0) is 6.54 Å². The van der Waals surface area contributed by atoms with Crippen molar-refractivity contribution in [1.82, 2.24) is 20.4 Å². The standard InChI is InChI=1S/C28H26N4O5S/c1-17-24(25(31-37-17)19-5-3-2-4-6-19)28(34)32-11-9-20(10-12-32)27-30-21(15-38-27)26(33)29-14-18-7-8-22-23(13-18)36-16-35-22/h2-8,13,15,20H,9-12,14,16H2,1H3,(H,29,33). The molecule has 0 bridgehead atoms. The summed E-state index contributed by atoms with van der Waals surface area (Å²) >= 11 is 1.50. The number of thiazole rings is 1. The van der Waals surface area contributed by atoms with Gasteiger partial charge < -0.3 is 24.2 Å². The van der Waals surface area contributed by atoms with E-state index in [0.717, 1.165) is 29.0 Å². The SMILES string of the molecule is Cc1onc(-c2ccccc2)c1C(=O)N1CCC(c2nc(C(=O)NCc3ccc4c(c3)OCO4)cs2)CC1. The second-order valence-electron chi connectivity index (χ2n) is 9.34. The lowest BCUT2D eigenvalue weighted by molar-refractivity contribution is 0.0711. The molecule has 9 nitrogen and oxygen atoms in total. The molecule has 2 amide bonds. The van der Waals surface area contributed by atoms with Gasteiger partial charge in [-0.15, -0.1) is 11.3 Å². The Morgan fingerprint density at radius 3 is 2.68 bits per heavy atom. The normalized spacial score (nSPS) is 15.0. The summed E-state index contributed by atoms with van der Waals surface area (Å²) in [6.45, 7) is 3.57. The number of likely N-dealkylation sites (tertiary alicyclic amines) is 1. The summed E-state index contributed by atoms with van der Waals surface area (Å²) in [5.74, 6) is 1.85. The maximum absolute atomic E-state index is 13.4. The van der Waals surface area contributed by atoms with Crippen molar-refractivity contribution in [2.45, 2.75) is 32.2 Å². The number of hydrogen-bond acceptors (Lipinski definition) is 8. The number of aromatic nitrogens is 2. The average molecular weight is 531 g/mol. The number of nitrogens with zero attached hydrogens (tertiary/aromatic N) is 3. The Bertz CT molecular complexity index is 1470. The molecule has 4 aromatic rings. The van der Waals surface area contributed by atoms with Crippen molar-refractivity contribution in [2.75, 3.05) is 19.9 Å². The summed E-state index contributed by atoms with van der Waals surface area (Å²) < 4.78 is 16.1. The molecule has 194 valence electrons. The van der Waals surface area contributed by atoms with Crippen LogP contribution in [0.4, 0.5) is 0 Å². The Morgan fingerprint density at radius 2 is 1.87 bits per heavy atom. The molecule has 0 radical (unpaired) electrons. The fourth-order valence-corrected chi connectivity index (χ4v) is 5.78. The highest BCUT2D eigenvalue weighted by molar-refractivity contribution is 7.09. The summed E-state index contributed by atoms with van der Waals surface area (Å²) in [4.78, 5) is 32.6. The summed E-state index contributed by atoms with van der Waals surface area (Å²) in [6.07, 6.45) is 1.56. The van der Waals surface area contributed by atoms with Gasteiger partial charge in [-0.2, -0.15) is 0 Å². The second kappa shape index (κ2) is 10.3. The van der Waals surface area contributed by atoms with Crippen LogP contribution in [0.1, 0.15) is 55.9 Å². The van der Waals surface area contributed by atoms with E-state index in [9.17, 15) is 9.59 Å². The Hall–Kier alpha value is -4.18. The first-order valence-corrected chi connectivity index (χ1v) is 13.4. The number of aryl methyl sites for hydroxylation is 1. The number of rotatable bonds is 6. The van der Waals surface area contributed by atoms with Crippen LogP contribution < -0.4 is 14.8 Å². The van der Waals surface area contributed by atoms with Crippen LogP contribution in [0.5, 0.6) is 11.5 Å². The Labute approximate surface area is 223 Å². The van der Waals surface area contributed by atoms with Gasteiger partial charge in [-0.05, 0) is 37.5 Å². The van der Waals surface area contributed by atoms with Crippen LogP contribution in [0.25, 0.3) is 11.3 Å². The minimum absolute atomic E-state index is 0.0659. The molecule has 2 aromatic heterocycles. The minimum Gasteiger partial charge on any atom is -0.454 e. The van der Waals surface area contributed by atoms with E-state index < -0.39 is 0 Å². The molecule has 38 heavy (non-hydrogen) atoms. The second-order valence-corrected chi connectivity index (χ2v) is 10.2. The molecule has 1 saturated heterocycles. The number of hydrogen-bond donors (Lipinski definition) is 1. The third kappa shape index (κ3) is 4.74. The van der Waals surface area contributed by atoms with Gasteiger partial charge in [0.2, 0.25) is 6.79 Å². The summed E-state index contributed by atoms with van der Waals surface area (Å²) in [7, 11) is 0. The lowest BCUT2D eigenvalue weighted by atomic mass is 9.96. The molecular weight excluding hydrogens is 504 g/mol. The molecule has 0 saturated carbocycles. The van der Waals surface area contributed by atoms with E-state index in [1.807, 2.05) is 53.4 Å². The maximum Gasteiger partial charge on any atom is 0.271 e. The van der Waals surface area contributed by atoms with Gasteiger partial charge in [-0.25, -0.2) is 4.98 Å². The van der Waals surface area contributed by atoms with Gasteiger partial charge >= 0.3 is 0 Å². The molecule has 0 unspecified atom stereocenters. The van der Waals surface area contributed by atoms with E-state index >= 15 is 0 Å². The quantitative estimate of drug-likeness (QED) is 0.382. The Balaban J connectivity index is 1.06. The number of benzene rings is 2.